The van der Waals surface area contributed by atoms with Crippen LogP contribution in [0.15, 0.2) is 48.5 Å². The molecule has 1 aliphatic rings. The summed E-state index contributed by atoms with van der Waals surface area (Å²) in [6.45, 7) is 0.108. The van der Waals surface area contributed by atoms with E-state index < -0.39 is 0 Å². The van der Waals surface area contributed by atoms with Gasteiger partial charge < -0.3 is 10.4 Å². The molecule has 0 amide bonds. The summed E-state index contributed by atoms with van der Waals surface area (Å²) in [6, 6.07) is 17.0. The minimum atomic E-state index is 0.108. The van der Waals surface area contributed by atoms with E-state index in [2.05, 4.69) is 41.7 Å². The largest absolute Gasteiger partial charge is 0.392 e. The van der Waals surface area contributed by atoms with E-state index in [9.17, 15) is 5.11 Å². The van der Waals surface area contributed by atoms with Crippen molar-refractivity contribution < 1.29 is 5.11 Å². The van der Waals surface area contributed by atoms with Gasteiger partial charge in [-0.2, -0.15) is 0 Å². The van der Waals surface area contributed by atoms with Crippen LogP contribution in [0, 0.1) is 0 Å². The third-order valence-corrected chi connectivity index (χ3v) is 3.59. The Morgan fingerprint density at radius 2 is 2.00 bits per heavy atom. The highest BCUT2D eigenvalue weighted by Gasteiger charge is 2.18. The van der Waals surface area contributed by atoms with Crippen molar-refractivity contribution in [2.75, 3.05) is 5.32 Å². The van der Waals surface area contributed by atoms with Gasteiger partial charge in [0.2, 0.25) is 0 Å². The number of aliphatic hydroxyl groups excluding tert-OH is 1. The lowest BCUT2D eigenvalue weighted by molar-refractivity contribution is 0.281. The molecule has 1 unspecified atom stereocenters. The highest BCUT2D eigenvalue weighted by atomic mass is 16.3. The molecule has 0 radical (unpaired) electrons. The summed E-state index contributed by atoms with van der Waals surface area (Å²) in [4.78, 5) is 0. The van der Waals surface area contributed by atoms with Gasteiger partial charge in [0.25, 0.3) is 0 Å². The Balaban J connectivity index is 1.87. The zero-order valence-corrected chi connectivity index (χ0v) is 10.3. The lowest BCUT2D eigenvalue weighted by Crippen LogP contribution is -2.18. The molecule has 1 aliphatic heterocycles. The van der Waals surface area contributed by atoms with Crippen molar-refractivity contribution >= 4 is 5.69 Å². The number of fused-ring (bicyclic) bond motifs is 1. The van der Waals surface area contributed by atoms with Gasteiger partial charge in [0, 0.05) is 5.69 Å². The number of hydrogen-bond acceptors (Lipinski definition) is 2. The highest BCUT2D eigenvalue weighted by Crippen LogP contribution is 2.32. The fraction of sp³-hybridized carbons (Fsp3) is 0.250. The summed E-state index contributed by atoms with van der Waals surface area (Å²) < 4.78 is 0. The number of aliphatic hydroxyl groups is 1. The molecule has 92 valence electrons. The van der Waals surface area contributed by atoms with Gasteiger partial charge >= 0.3 is 0 Å². The predicted octanol–water partition coefficient (Wildman–Crippen LogP) is 3.28. The normalized spacial score (nSPS) is 17.9. The topological polar surface area (TPSA) is 32.3 Å². The molecule has 0 aliphatic carbocycles. The second kappa shape index (κ2) is 4.83. The first-order valence-corrected chi connectivity index (χ1v) is 6.41. The van der Waals surface area contributed by atoms with Gasteiger partial charge in [0.15, 0.2) is 0 Å². The summed E-state index contributed by atoms with van der Waals surface area (Å²) in [6.07, 6.45) is 2.21. The third-order valence-electron chi connectivity index (χ3n) is 3.59. The standard InChI is InChI=1S/C16H17NO/c18-11-12-4-3-6-14(10-12)16-9-8-13-5-1-2-7-15(13)17-16/h1-7,10,16-18H,8-9,11H2. The fourth-order valence-electron chi connectivity index (χ4n) is 2.60. The minimum absolute atomic E-state index is 0.108. The van der Waals surface area contributed by atoms with Crippen molar-refractivity contribution in [3.05, 3.63) is 65.2 Å². The summed E-state index contributed by atoms with van der Waals surface area (Å²) in [7, 11) is 0. The lowest BCUT2D eigenvalue weighted by Gasteiger charge is -2.27. The fourth-order valence-corrected chi connectivity index (χ4v) is 2.60. The van der Waals surface area contributed by atoms with Crippen LogP contribution in [0.3, 0.4) is 0 Å². The zero-order chi connectivity index (χ0) is 12.4. The van der Waals surface area contributed by atoms with Crippen molar-refractivity contribution in [3.63, 3.8) is 0 Å². The number of anilines is 1. The SMILES string of the molecule is OCc1cccc(C2CCc3ccccc3N2)c1. The molecular formula is C16H17NO. The van der Waals surface area contributed by atoms with Crippen LogP contribution in [0.25, 0.3) is 0 Å². The zero-order valence-electron chi connectivity index (χ0n) is 10.3. The molecular weight excluding hydrogens is 222 g/mol. The first-order chi connectivity index (χ1) is 8.86. The number of aryl methyl sites for hydroxylation is 1. The van der Waals surface area contributed by atoms with E-state index in [0.29, 0.717) is 6.04 Å². The Hall–Kier alpha value is -1.80. The smallest absolute Gasteiger partial charge is 0.0681 e. The van der Waals surface area contributed by atoms with Crippen LogP contribution < -0.4 is 5.32 Å². The molecule has 3 rings (SSSR count). The van der Waals surface area contributed by atoms with Gasteiger partial charge in [0.1, 0.15) is 0 Å². The molecule has 0 aromatic heterocycles. The van der Waals surface area contributed by atoms with Crippen molar-refractivity contribution in [1.82, 2.24) is 0 Å². The molecule has 0 bridgehead atoms. The van der Waals surface area contributed by atoms with Gasteiger partial charge in [-0.1, -0.05) is 42.5 Å². The second-order valence-electron chi connectivity index (χ2n) is 4.80. The average molecular weight is 239 g/mol. The molecule has 18 heavy (non-hydrogen) atoms. The van der Waals surface area contributed by atoms with E-state index in [4.69, 9.17) is 0 Å². The summed E-state index contributed by atoms with van der Waals surface area (Å²) >= 11 is 0. The lowest BCUT2D eigenvalue weighted by atomic mass is 9.93. The predicted molar refractivity (Wildman–Crippen MR) is 73.5 cm³/mol. The monoisotopic (exact) mass is 239 g/mol. The van der Waals surface area contributed by atoms with E-state index in [1.165, 1.54) is 16.8 Å². The maximum Gasteiger partial charge on any atom is 0.0681 e. The maximum absolute atomic E-state index is 9.20. The molecule has 2 nitrogen and oxygen atoms in total. The van der Waals surface area contributed by atoms with Gasteiger partial charge in [-0.15, -0.1) is 0 Å². The molecule has 0 saturated heterocycles. The molecule has 0 saturated carbocycles. The maximum atomic E-state index is 9.20. The summed E-state index contributed by atoms with van der Waals surface area (Å²) in [5.74, 6) is 0. The first-order valence-electron chi connectivity index (χ1n) is 6.41. The summed E-state index contributed by atoms with van der Waals surface area (Å²) in [5.41, 5.74) is 4.87. The number of hydrogen-bond donors (Lipinski definition) is 2. The molecule has 2 heteroatoms. The Kier molecular flexibility index (Phi) is 3.03. The van der Waals surface area contributed by atoms with Crippen LogP contribution in [-0.4, -0.2) is 5.11 Å². The van der Waals surface area contributed by atoms with Crippen LogP contribution in [0.4, 0.5) is 5.69 Å². The average Bonchev–Trinajstić information content (AvgIpc) is 2.47. The molecule has 2 N–H and O–H groups in total. The van der Waals surface area contributed by atoms with E-state index in [1.54, 1.807) is 0 Å². The van der Waals surface area contributed by atoms with E-state index >= 15 is 0 Å². The second-order valence-corrected chi connectivity index (χ2v) is 4.80. The van der Waals surface area contributed by atoms with E-state index in [1.807, 2.05) is 12.1 Å². The number of benzene rings is 2. The first kappa shape index (κ1) is 11.3. The molecule has 1 heterocycles. The quantitative estimate of drug-likeness (QED) is 0.843. The van der Waals surface area contributed by atoms with Gasteiger partial charge in [-0.3, -0.25) is 0 Å². The van der Waals surface area contributed by atoms with Crippen molar-refractivity contribution in [1.29, 1.82) is 0 Å². The minimum Gasteiger partial charge on any atom is -0.392 e. The molecule has 0 spiro atoms. The van der Waals surface area contributed by atoms with Crippen LogP contribution in [0.1, 0.15) is 29.2 Å². The van der Waals surface area contributed by atoms with Crippen LogP contribution in [-0.2, 0) is 13.0 Å². The van der Waals surface area contributed by atoms with Crippen molar-refractivity contribution in [2.24, 2.45) is 0 Å². The summed E-state index contributed by atoms with van der Waals surface area (Å²) in [5, 5.41) is 12.8. The van der Waals surface area contributed by atoms with Crippen molar-refractivity contribution in [2.45, 2.75) is 25.5 Å². The van der Waals surface area contributed by atoms with Crippen LogP contribution in [0.5, 0.6) is 0 Å². The van der Waals surface area contributed by atoms with E-state index in [0.717, 1.165) is 18.4 Å². The molecule has 0 fully saturated rings. The third kappa shape index (κ3) is 2.12. The van der Waals surface area contributed by atoms with E-state index in [-0.39, 0.29) is 6.61 Å². The molecule has 2 aromatic rings. The number of rotatable bonds is 2. The Labute approximate surface area is 107 Å². The van der Waals surface area contributed by atoms with Gasteiger partial charge in [-0.05, 0) is 35.6 Å². The number of para-hydroxylation sites is 1. The van der Waals surface area contributed by atoms with Crippen LogP contribution >= 0.6 is 0 Å². The highest BCUT2D eigenvalue weighted by molar-refractivity contribution is 5.55. The van der Waals surface area contributed by atoms with Crippen molar-refractivity contribution in [3.8, 4) is 0 Å². The van der Waals surface area contributed by atoms with Crippen LogP contribution in [0.2, 0.25) is 0 Å². The number of nitrogens with one attached hydrogen (secondary N) is 1. The Morgan fingerprint density at radius 3 is 2.89 bits per heavy atom. The Morgan fingerprint density at radius 1 is 1.11 bits per heavy atom. The Bertz CT molecular complexity index is 550. The van der Waals surface area contributed by atoms with Gasteiger partial charge in [-0.25, -0.2) is 0 Å². The molecule has 2 aromatic carbocycles. The van der Waals surface area contributed by atoms with Gasteiger partial charge in [0.05, 0.1) is 12.6 Å². The molecule has 1 atom stereocenters.